The van der Waals surface area contributed by atoms with Gasteiger partial charge in [-0.2, -0.15) is 18.4 Å². The Hall–Kier alpha value is -4.17. The van der Waals surface area contributed by atoms with Crippen LogP contribution in [0.1, 0.15) is 65.2 Å². The quantitative estimate of drug-likeness (QED) is 0.376. The van der Waals surface area contributed by atoms with Crippen LogP contribution < -0.4 is 10.5 Å². The van der Waals surface area contributed by atoms with E-state index in [1.165, 1.54) is 18.3 Å². The zero-order valence-corrected chi connectivity index (χ0v) is 23.5. The molecule has 3 heterocycles. The highest BCUT2D eigenvalue weighted by Gasteiger charge is 2.38. The number of carbonyl (C=O) groups excluding carboxylic acids is 1. The van der Waals surface area contributed by atoms with Gasteiger partial charge in [0.1, 0.15) is 23.2 Å². The number of pyridine rings is 2. The number of nitrogen functional groups attached to an aromatic ring is 1. The van der Waals surface area contributed by atoms with Gasteiger partial charge in [0, 0.05) is 36.5 Å². The molecule has 0 spiro atoms. The highest BCUT2D eigenvalue weighted by molar-refractivity contribution is 5.99. The first-order valence-electron chi connectivity index (χ1n) is 13.5. The molecule has 0 aliphatic carbocycles. The van der Waals surface area contributed by atoms with E-state index in [0.29, 0.717) is 59.7 Å². The SMILES string of the molecule is CCOc1cc(C(C)N2CCc3c(cc(CCN(C)CC)cc3-c3ccc(N)nc3C(F)(F)F)C2=O)ncc1C#N. The number of carbonyl (C=O) groups is 1. The predicted octanol–water partition coefficient (Wildman–Crippen LogP) is 5.27. The number of hydrogen-bond donors (Lipinski definition) is 1. The van der Waals surface area contributed by atoms with E-state index in [1.807, 2.05) is 27.8 Å². The summed E-state index contributed by atoms with van der Waals surface area (Å²) in [5, 5.41) is 9.38. The number of benzene rings is 1. The molecule has 3 aromatic rings. The third-order valence-electron chi connectivity index (χ3n) is 7.40. The Morgan fingerprint density at radius 3 is 2.59 bits per heavy atom. The Kier molecular flexibility index (Phi) is 8.83. The highest BCUT2D eigenvalue weighted by atomic mass is 19.4. The number of hydrogen-bond acceptors (Lipinski definition) is 7. The van der Waals surface area contributed by atoms with Crippen LogP contribution in [0.2, 0.25) is 0 Å². The standard InChI is InChI=1S/C30H33F3N6O2/c1-5-38(4)11-9-19-13-23(22-7-8-27(35)37-28(22)30(31,32)33)21-10-12-39(29(40)24(21)14-19)18(3)25-15-26(41-6-2)20(16-34)17-36-25/h7-8,13-15,17-18H,5-6,9-12H2,1-4H3,(H2,35,37). The number of nitrogens with zero attached hydrogens (tertiary/aromatic N) is 5. The van der Waals surface area contributed by atoms with Crippen molar-refractivity contribution in [3.05, 3.63) is 70.2 Å². The molecule has 1 aromatic carbocycles. The molecule has 216 valence electrons. The second-order valence-corrected chi connectivity index (χ2v) is 10.0. The molecule has 0 bridgehead atoms. The second kappa shape index (κ2) is 12.1. The van der Waals surface area contributed by atoms with E-state index < -0.39 is 17.9 Å². The summed E-state index contributed by atoms with van der Waals surface area (Å²) in [7, 11) is 1.96. The van der Waals surface area contributed by atoms with Crippen LogP contribution in [0.4, 0.5) is 19.0 Å². The van der Waals surface area contributed by atoms with Crippen LogP contribution in [0, 0.1) is 11.3 Å². The molecule has 2 aromatic heterocycles. The minimum absolute atomic E-state index is 0.0990. The van der Waals surface area contributed by atoms with E-state index in [1.54, 1.807) is 23.1 Å². The average Bonchev–Trinajstić information content (AvgIpc) is 2.95. The van der Waals surface area contributed by atoms with Crippen LogP contribution in [0.25, 0.3) is 11.1 Å². The molecule has 0 radical (unpaired) electrons. The first kappa shape index (κ1) is 29.8. The second-order valence-electron chi connectivity index (χ2n) is 10.0. The summed E-state index contributed by atoms with van der Waals surface area (Å²) >= 11 is 0. The summed E-state index contributed by atoms with van der Waals surface area (Å²) in [5.41, 5.74) is 7.30. The maximum atomic E-state index is 14.1. The van der Waals surface area contributed by atoms with Crippen molar-refractivity contribution >= 4 is 11.7 Å². The molecule has 41 heavy (non-hydrogen) atoms. The van der Waals surface area contributed by atoms with Crippen molar-refractivity contribution in [1.82, 2.24) is 19.8 Å². The molecule has 1 unspecified atom stereocenters. The number of amides is 1. The van der Waals surface area contributed by atoms with Crippen molar-refractivity contribution in [2.45, 2.75) is 45.8 Å². The molecule has 4 rings (SSSR count). The van der Waals surface area contributed by atoms with Crippen LogP contribution in [0.5, 0.6) is 5.75 Å². The zero-order valence-electron chi connectivity index (χ0n) is 23.5. The van der Waals surface area contributed by atoms with Crippen molar-refractivity contribution in [1.29, 1.82) is 5.26 Å². The van der Waals surface area contributed by atoms with Gasteiger partial charge in [-0.25, -0.2) is 4.98 Å². The maximum Gasteiger partial charge on any atom is 0.434 e. The van der Waals surface area contributed by atoms with Crippen molar-refractivity contribution < 1.29 is 22.7 Å². The monoisotopic (exact) mass is 566 g/mol. The number of ether oxygens (including phenoxy) is 1. The summed E-state index contributed by atoms with van der Waals surface area (Å²) in [6.45, 7) is 7.77. The molecular formula is C30H33F3N6O2. The van der Waals surface area contributed by atoms with Gasteiger partial charge in [0.05, 0.1) is 18.3 Å². The minimum Gasteiger partial charge on any atom is -0.492 e. The fourth-order valence-electron chi connectivity index (χ4n) is 5.02. The Labute approximate surface area is 237 Å². The van der Waals surface area contributed by atoms with E-state index in [-0.39, 0.29) is 23.8 Å². The van der Waals surface area contributed by atoms with Crippen LogP contribution in [-0.4, -0.2) is 59.0 Å². The van der Waals surface area contributed by atoms with Gasteiger partial charge in [-0.05, 0) is 75.2 Å². The lowest BCUT2D eigenvalue weighted by molar-refractivity contribution is -0.140. The number of nitrogens with two attached hydrogens (primary N) is 1. The van der Waals surface area contributed by atoms with Gasteiger partial charge < -0.3 is 20.3 Å². The van der Waals surface area contributed by atoms with Crippen molar-refractivity contribution in [3.8, 4) is 22.9 Å². The number of nitriles is 1. The lowest BCUT2D eigenvalue weighted by Gasteiger charge is -2.35. The molecule has 1 atom stereocenters. The van der Waals surface area contributed by atoms with Crippen LogP contribution in [0.15, 0.2) is 36.5 Å². The largest absolute Gasteiger partial charge is 0.492 e. The molecule has 1 aliphatic heterocycles. The van der Waals surface area contributed by atoms with Crippen molar-refractivity contribution in [2.75, 3.05) is 39.0 Å². The Morgan fingerprint density at radius 1 is 1.20 bits per heavy atom. The minimum atomic E-state index is -4.73. The normalized spacial score (nSPS) is 14.1. The predicted molar refractivity (Wildman–Crippen MR) is 149 cm³/mol. The molecule has 2 N–H and O–H groups in total. The fourth-order valence-corrected chi connectivity index (χ4v) is 5.02. The number of anilines is 1. The number of aromatic nitrogens is 2. The molecule has 1 aliphatic rings. The average molecular weight is 567 g/mol. The molecule has 8 nitrogen and oxygen atoms in total. The fraction of sp³-hybridized carbons (Fsp3) is 0.400. The van der Waals surface area contributed by atoms with Gasteiger partial charge in [-0.15, -0.1) is 0 Å². The molecular weight excluding hydrogens is 533 g/mol. The third kappa shape index (κ3) is 6.28. The summed E-state index contributed by atoms with van der Waals surface area (Å²) in [5.74, 6) is -0.142. The van der Waals surface area contributed by atoms with E-state index in [4.69, 9.17) is 10.5 Å². The van der Waals surface area contributed by atoms with Crippen LogP contribution in [-0.2, 0) is 19.0 Å². The van der Waals surface area contributed by atoms with Gasteiger partial charge >= 0.3 is 6.18 Å². The molecule has 1 amide bonds. The van der Waals surface area contributed by atoms with Gasteiger partial charge in [-0.3, -0.25) is 9.78 Å². The smallest absolute Gasteiger partial charge is 0.434 e. The lowest BCUT2D eigenvalue weighted by atomic mass is 9.86. The van der Waals surface area contributed by atoms with Crippen LogP contribution in [0.3, 0.4) is 0 Å². The van der Waals surface area contributed by atoms with E-state index >= 15 is 0 Å². The molecule has 0 saturated carbocycles. The maximum absolute atomic E-state index is 14.1. The number of likely N-dealkylation sites (N-methyl/N-ethyl adjacent to an activating group) is 1. The van der Waals surface area contributed by atoms with E-state index in [9.17, 15) is 23.2 Å². The van der Waals surface area contributed by atoms with Crippen molar-refractivity contribution in [3.63, 3.8) is 0 Å². The number of alkyl halides is 3. The summed E-state index contributed by atoms with van der Waals surface area (Å²) in [4.78, 5) is 25.8. The van der Waals surface area contributed by atoms with Gasteiger partial charge in [-0.1, -0.05) is 13.0 Å². The summed E-state index contributed by atoms with van der Waals surface area (Å²) in [6, 6.07) is 9.46. The van der Waals surface area contributed by atoms with Gasteiger partial charge in [0.2, 0.25) is 0 Å². The number of fused-ring (bicyclic) bond motifs is 1. The third-order valence-corrected chi connectivity index (χ3v) is 7.40. The number of halogens is 3. The van der Waals surface area contributed by atoms with Gasteiger partial charge in [0.15, 0.2) is 5.69 Å². The van der Waals surface area contributed by atoms with E-state index in [2.05, 4.69) is 20.9 Å². The van der Waals surface area contributed by atoms with Crippen molar-refractivity contribution in [2.24, 2.45) is 0 Å². The highest BCUT2D eigenvalue weighted by Crippen LogP contribution is 2.41. The Morgan fingerprint density at radius 2 is 1.93 bits per heavy atom. The number of rotatable bonds is 9. The summed E-state index contributed by atoms with van der Waals surface area (Å²) in [6.07, 6.45) is -2.42. The van der Waals surface area contributed by atoms with Gasteiger partial charge in [0.25, 0.3) is 5.91 Å². The Balaban J connectivity index is 1.80. The van der Waals surface area contributed by atoms with Crippen LogP contribution >= 0.6 is 0 Å². The summed E-state index contributed by atoms with van der Waals surface area (Å²) < 4.78 is 47.8. The Bertz CT molecular complexity index is 1480. The van der Waals surface area contributed by atoms with E-state index in [0.717, 1.165) is 12.1 Å². The molecule has 0 saturated heterocycles. The first-order valence-corrected chi connectivity index (χ1v) is 13.5. The molecule has 11 heteroatoms. The zero-order chi connectivity index (χ0) is 29.9. The topological polar surface area (TPSA) is 108 Å². The first-order chi connectivity index (χ1) is 19.5. The lowest BCUT2D eigenvalue weighted by Crippen LogP contribution is -2.40. The molecule has 0 fully saturated rings.